The van der Waals surface area contributed by atoms with E-state index in [9.17, 15) is 14.4 Å². The van der Waals surface area contributed by atoms with Crippen LogP contribution in [0.3, 0.4) is 0 Å². The summed E-state index contributed by atoms with van der Waals surface area (Å²) in [4.78, 5) is 30.8. The van der Waals surface area contributed by atoms with Gasteiger partial charge in [-0.1, -0.05) is 73.1 Å². The Morgan fingerprint density at radius 1 is 0.900 bits per heavy atom. The molecular weight excluding hydrogens is 384 g/mol. The standard InChI is InChI=1S/C16H30O2.2C4H6O2/c1-6-8-9-15(7-2)11-10-14(5)16(17)18-12-13(3)4;2*1-3(2)4(5)6/h13,15H,5-12H2,1-4H3;2*1H2,2H3,(H,5,6). The van der Waals surface area contributed by atoms with Gasteiger partial charge in [-0.2, -0.15) is 0 Å². The Kier molecular flexibility index (Phi) is 21.5. The number of hydrogen-bond donors (Lipinski definition) is 2. The highest BCUT2D eigenvalue weighted by Gasteiger charge is 2.12. The molecule has 0 aromatic carbocycles. The van der Waals surface area contributed by atoms with Crippen LogP contribution >= 0.6 is 0 Å². The van der Waals surface area contributed by atoms with Crippen LogP contribution in [0.1, 0.15) is 80.1 Å². The molecule has 1 unspecified atom stereocenters. The van der Waals surface area contributed by atoms with E-state index in [1.165, 1.54) is 39.5 Å². The van der Waals surface area contributed by atoms with Crippen LogP contribution in [-0.2, 0) is 19.1 Å². The van der Waals surface area contributed by atoms with E-state index in [2.05, 4.69) is 33.6 Å². The van der Waals surface area contributed by atoms with Crippen LogP contribution in [0.4, 0.5) is 0 Å². The summed E-state index contributed by atoms with van der Waals surface area (Å²) in [6.07, 6.45) is 6.82. The van der Waals surface area contributed by atoms with Crippen LogP contribution in [0.25, 0.3) is 0 Å². The average molecular weight is 427 g/mol. The van der Waals surface area contributed by atoms with Gasteiger partial charge in [0.1, 0.15) is 0 Å². The Morgan fingerprint density at radius 3 is 1.63 bits per heavy atom. The molecule has 0 spiro atoms. The predicted molar refractivity (Wildman–Crippen MR) is 122 cm³/mol. The molecule has 0 bridgehead atoms. The van der Waals surface area contributed by atoms with Crippen molar-refractivity contribution >= 4 is 17.9 Å². The van der Waals surface area contributed by atoms with Crippen molar-refractivity contribution in [2.75, 3.05) is 6.61 Å². The molecule has 0 aliphatic carbocycles. The molecule has 0 rings (SSSR count). The van der Waals surface area contributed by atoms with E-state index >= 15 is 0 Å². The first-order valence-corrected chi connectivity index (χ1v) is 10.4. The van der Waals surface area contributed by atoms with Crippen LogP contribution in [0.2, 0.25) is 0 Å². The van der Waals surface area contributed by atoms with Crippen LogP contribution < -0.4 is 0 Å². The number of hydrogen-bond acceptors (Lipinski definition) is 4. The molecule has 0 heterocycles. The summed E-state index contributed by atoms with van der Waals surface area (Å²) in [6, 6.07) is 0. The lowest BCUT2D eigenvalue weighted by Gasteiger charge is -2.15. The van der Waals surface area contributed by atoms with Gasteiger partial charge in [-0.3, -0.25) is 0 Å². The number of esters is 1. The van der Waals surface area contributed by atoms with Gasteiger partial charge < -0.3 is 14.9 Å². The third kappa shape index (κ3) is 23.7. The van der Waals surface area contributed by atoms with Crippen LogP contribution in [0, 0.1) is 11.8 Å². The molecule has 0 aromatic rings. The number of carbonyl (C=O) groups is 3. The van der Waals surface area contributed by atoms with Gasteiger partial charge in [0.2, 0.25) is 0 Å². The van der Waals surface area contributed by atoms with Crippen molar-refractivity contribution in [2.45, 2.75) is 80.1 Å². The number of carboxylic acids is 2. The molecular formula is C24H42O6. The Balaban J connectivity index is -0.000000495. The lowest BCUT2D eigenvalue weighted by atomic mass is 9.92. The van der Waals surface area contributed by atoms with E-state index in [-0.39, 0.29) is 17.1 Å². The van der Waals surface area contributed by atoms with E-state index in [0.29, 0.717) is 18.1 Å². The van der Waals surface area contributed by atoms with E-state index in [4.69, 9.17) is 14.9 Å². The Bertz CT molecular complexity index is 512. The zero-order chi connectivity index (χ0) is 24.3. The van der Waals surface area contributed by atoms with Gasteiger partial charge in [0.05, 0.1) is 6.61 Å². The van der Waals surface area contributed by atoms with Crippen molar-refractivity contribution in [2.24, 2.45) is 11.8 Å². The lowest BCUT2D eigenvalue weighted by molar-refractivity contribution is -0.140. The van der Waals surface area contributed by atoms with Gasteiger partial charge in [0.25, 0.3) is 0 Å². The normalized spacial score (nSPS) is 10.5. The van der Waals surface area contributed by atoms with Crippen LogP contribution in [0.5, 0.6) is 0 Å². The number of rotatable bonds is 12. The maximum absolute atomic E-state index is 11.6. The molecule has 0 aliphatic heterocycles. The Labute approximate surface area is 182 Å². The van der Waals surface area contributed by atoms with Crippen molar-refractivity contribution < 1.29 is 29.3 Å². The van der Waals surface area contributed by atoms with E-state index in [0.717, 1.165) is 18.8 Å². The summed E-state index contributed by atoms with van der Waals surface area (Å²) >= 11 is 0. The monoisotopic (exact) mass is 426 g/mol. The number of ether oxygens (including phenoxy) is 1. The first kappa shape index (κ1) is 32.3. The number of unbranched alkanes of at least 4 members (excludes halogenated alkanes) is 1. The molecule has 6 nitrogen and oxygen atoms in total. The topological polar surface area (TPSA) is 101 Å². The summed E-state index contributed by atoms with van der Waals surface area (Å²) < 4.78 is 5.17. The molecule has 0 aromatic heterocycles. The second-order valence-corrected chi connectivity index (χ2v) is 7.72. The molecule has 6 heteroatoms. The Morgan fingerprint density at radius 2 is 1.33 bits per heavy atom. The van der Waals surface area contributed by atoms with E-state index in [1.54, 1.807) is 0 Å². The fraction of sp³-hybridized carbons (Fsp3) is 0.625. The summed E-state index contributed by atoms with van der Waals surface area (Å²) in [5, 5.41) is 15.8. The maximum Gasteiger partial charge on any atom is 0.333 e. The third-order valence-corrected chi connectivity index (χ3v) is 3.96. The van der Waals surface area contributed by atoms with Crippen molar-refractivity contribution in [3.63, 3.8) is 0 Å². The molecule has 0 saturated carbocycles. The van der Waals surface area contributed by atoms with Crippen LogP contribution in [-0.4, -0.2) is 34.7 Å². The molecule has 0 aliphatic rings. The van der Waals surface area contributed by atoms with Crippen LogP contribution in [0.15, 0.2) is 36.5 Å². The fourth-order valence-corrected chi connectivity index (χ4v) is 1.87. The second kappa shape index (κ2) is 19.9. The zero-order valence-corrected chi connectivity index (χ0v) is 19.8. The molecule has 0 saturated heterocycles. The number of carbonyl (C=O) groups excluding carboxylic acids is 1. The molecule has 2 N–H and O–H groups in total. The fourth-order valence-electron chi connectivity index (χ4n) is 1.87. The smallest absolute Gasteiger partial charge is 0.333 e. The summed E-state index contributed by atoms with van der Waals surface area (Å²) in [7, 11) is 0. The molecule has 0 amide bonds. The first-order chi connectivity index (χ1) is 13.8. The van der Waals surface area contributed by atoms with Gasteiger partial charge in [0.15, 0.2) is 0 Å². The van der Waals surface area contributed by atoms with Crippen molar-refractivity contribution in [1.82, 2.24) is 0 Å². The largest absolute Gasteiger partial charge is 0.478 e. The average Bonchev–Trinajstić information content (AvgIpc) is 2.66. The van der Waals surface area contributed by atoms with Gasteiger partial charge in [-0.15, -0.1) is 0 Å². The minimum absolute atomic E-state index is 0.176. The highest BCUT2D eigenvalue weighted by atomic mass is 16.5. The van der Waals surface area contributed by atoms with Gasteiger partial charge >= 0.3 is 17.9 Å². The quantitative estimate of drug-likeness (QED) is 0.292. The predicted octanol–water partition coefficient (Wildman–Crippen LogP) is 6.03. The number of carboxylic acid groups (broad SMARTS) is 2. The van der Waals surface area contributed by atoms with E-state index in [1.807, 2.05) is 13.8 Å². The number of aliphatic carboxylic acids is 2. The highest BCUT2D eigenvalue weighted by Crippen LogP contribution is 2.21. The third-order valence-electron chi connectivity index (χ3n) is 3.96. The lowest BCUT2D eigenvalue weighted by Crippen LogP contribution is -2.12. The molecule has 174 valence electrons. The minimum atomic E-state index is -0.935. The minimum Gasteiger partial charge on any atom is -0.478 e. The SMILES string of the molecule is C=C(C)C(=O)O.C=C(C)C(=O)O.C=C(CCC(CC)CCCC)C(=O)OCC(C)C. The molecule has 0 radical (unpaired) electrons. The first-order valence-electron chi connectivity index (χ1n) is 10.4. The summed E-state index contributed by atoms with van der Waals surface area (Å²) in [5.41, 5.74) is 0.982. The molecule has 1 atom stereocenters. The molecule has 0 fully saturated rings. The van der Waals surface area contributed by atoms with Crippen molar-refractivity contribution in [3.05, 3.63) is 36.5 Å². The van der Waals surface area contributed by atoms with Crippen molar-refractivity contribution in [3.8, 4) is 0 Å². The second-order valence-electron chi connectivity index (χ2n) is 7.72. The van der Waals surface area contributed by atoms with E-state index < -0.39 is 11.9 Å². The Hall–Kier alpha value is -2.37. The maximum atomic E-state index is 11.6. The van der Waals surface area contributed by atoms with Gasteiger partial charge in [-0.05, 0) is 38.5 Å². The summed E-state index contributed by atoms with van der Waals surface area (Å²) in [6.45, 7) is 22.1. The van der Waals surface area contributed by atoms with Gasteiger partial charge in [-0.25, -0.2) is 14.4 Å². The van der Waals surface area contributed by atoms with Gasteiger partial charge in [0, 0.05) is 16.7 Å². The zero-order valence-electron chi connectivity index (χ0n) is 19.8. The summed E-state index contributed by atoms with van der Waals surface area (Å²) in [5.74, 6) is -0.978. The van der Waals surface area contributed by atoms with Crippen molar-refractivity contribution in [1.29, 1.82) is 0 Å². The molecule has 30 heavy (non-hydrogen) atoms. The highest BCUT2D eigenvalue weighted by molar-refractivity contribution is 5.87.